The summed E-state index contributed by atoms with van der Waals surface area (Å²) in [5.74, 6) is 0. The molecule has 1 rings (SSSR count). The maximum Gasteiger partial charge on any atom is 0.251 e. The molecule has 1 saturated heterocycles. The second-order valence-electron chi connectivity index (χ2n) is 3.07. The molecule has 12 heavy (non-hydrogen) atoms. The Morgan fingerprint density at radius 1 is 1.50 bits per heavy atom. The van der Waals surface area contributed by atoms with Crippen molar-refractivity contribution in [2.45, 2.75) is 10.5 Å². The summed E-state index contributed by atoms with van der Waals surface area (Å²) < 4.78 is 24.3. The second kappa shape index (κ2) is 4.66. The summed E-state index contributed by atoms with van der Waals surface area (Å²) in [6.45, 7) is 2.33. The molecule has 1 heterocycles. The summed E-state index contributed by atoms with van der Waals surface area (Å²) >= 11 is 2.28. The van der Waals surface area contributed by atoms with Crippen LogP contribution in [0.4, 0.5) is 8.78 Å². The maximum absolute atomic E-state index is 12.0. The number of alkyl halides is 3. The van der Waals surface area contributed by atoms with Gasteiger partial charge in [-0.15, -0.1) is 0 Å². The fourth-order valence-electron chi connectivity index (χ4n) is 1.24. The number of likely N-dealkylation sites (N-methyl/N-ethyl adjacent to an activating group) is 1. The summed E-state index contributed by atoms with van der Waals surface area (Å²) in [6.07, 6.45) is -2.20. The van der Waals surface area contributed by atoms with Crippen LogP contribution in [0.2, 0.25) is 0 Å². The molecule has 2 nitrogen and oxygen atoms in total. The van der Waals surface area contributed by atoms with E-state index in [-0.39, 0.29) is 6.54 Å². The first-order valence-corrected chi connectivity index (χ1v) is 5.19. The van der Waals surface area contributed by atoms with E-state index in [1.807, 2.05) is 11.9 Å². The molecule has 1 aliphatic heterocycles. The van der Waals surface area contributed by atoms with E-state index in [1.54, 1.807) is 0 Å². The van der Waals surface area contributed by atoms with Gasteiger partial charge in [-0.25, -0.2) is 8.78 Å². The van der Waals surface area contributed by atoms with Crippen molar-refractivity contribution in [3.05, 3.63) is 0 Å². The average Bonchev–Trinajstić information content (AvgIpc) is 1.96. The second-order valence-corrected chi connectivity index (χ2v) is 4.50. The van der Waals surface area contributed by atoms with Crippen LogP contribution in [0.3, 0.4) is 0 Å². The van der Waals surface area contributed by atoms with Gasteiger partial charge in [0, 0.05) is 19.6 Å². The van der Waals surface area contributed by atoms with E-state index < -0.39 is 6.43 Å². The number of halogens is 3. The lowest BCUT2D eigenvalue weighted by Gasteiger charge is -2.36. The highest BCUT2D eigenvalue weighted by atomic mass is 127. The topological polar surface area (TPSA) is 6.48 Å². The Bertz CT molecular complexity index is 145. The smallest absolute Gasteiger partial charge is 0.251 e. The zero-order chi connectivity index (χ0) is 9.14. The number of rotatable bonds is 2. The molecule has 1 fully saturated rings. The minimum absolute atomic E-state index is 0.0760. The van der Waals surface area contributed by atoms with Gasteiger partial charge in [0.05, 0.1) is 10.6 Å². The molecule has 0 bridgehead atoms. The van der Waals surface area contributed by atoms with Crippen molar-refractivity contribution in [1.29, 1.82) is 0 Å². The SMILES string of the molecule is CN1CCN(CC(F)F)C[C@H]1I. The molecule has 0 aromatic heterocycles. The molecule has 0 amide bonds. The van der Waals surface area contributed by atoms with Gasteiger partial charge in [-0.05, 0) is 7.05 Å². The zero-order valence-electron chi connectivity index (χ0n) is 7.01. The predicted molar refractivity (Wildman–Crippen MR) is 52.9 cm³/mol. The molecule has 0 N–H and O–H groups in total. The van der Waals surface area contributed by atoms with Gasteiger partial charge in [0.25, 0.3) is 6.43 Å². The van der Waals surface area contributed by atoms with Crippen LogP contribution >= 0.6 is 22.6 Å². The molecular weight excluding hydrogens is 277 g/mol. The van der Waals surface area contributed by atoms with Crippen LogP contribution in [0.1, 0.15) is 0 Å². The molecule has 5 heteroatoms. The monoisotopic (exact) mass is 290 g/mol. The molecule has 0 aromatic carbocycles. The highest BCUT2D eigenvalue weighted by molar-refractivity contribution is 14.1. The van der Waals surface area contributed by atoms with Gasteiger partial charge in [-0.3, -0.25) is 9.80 Å². The Labute approximate surface area is 85.0 Å². The summed E-state index contributed by atoms with van der Waals surface area (Å²) in [4.78, 5) is 4.00. The van der Waals surface area contributed by atoms with Gasteiger partial charge >= 0.3 is 0 Å². The average molecular weight is 290 g/mol. The van der Waals surface area contributed by atoms with E-state index in [0.717, 1.165) is 19.6 Å². The van der Waals surface area contributed by atoms with Crippen LogP contribution in [0.5, 0.6) is 0 Å². The first kappa shape index (κ1) is 10.6. The molecule has 0 aliphatic carbocycles. The van der Waals surface area contributed by atoms with Crippen LogP contribution in [0.25, 0.3) is 0 Å². The molecular formula is C7H13F2IN2. The molecule has 0 radical (unpaired) electrons. The van der Waals surface area contributed by atoms with Crippen molar-refractivity contribution in [3.8, 4) is 0 Å². The van der Waals surface area contributed by atoms with Gasteiger partial charge in [0.15, 0.2) is 0 Å². The summed E-state index contributed by atoms with van der Waals surface area (Å²) in [6, 6.07) is 0. The van der Waals surface area contributed by atoms with E-state index in [4.69, 9.17) is 0 Å². The van der Waals surface area contributed by atoms with Crippen LogP contribution in [0.15, 0.2) is 0 Å². The fourth-order valence-corrected chi connectivity index (χ4v) is 2.08. The third-order valence-electron chi connectivity index (χ3n) is 2.05. The third kappa shape index (κ3) is 3.10. The summed E-state index contributed by atoms with van der Waals surface area (Å²) in [5.41, 5.74) is 0. The van der Waals surface area contributed by atoms with E-state index >= 15 is 0 Å². The van der Waals surface area contributed by atoms with Crippen molar-refractivity contribution in [3.63, 3.8) is 0 Å². The van der Waals surface area contributed by atoms with E-state index in [2.05, 4.69) is 27.5 Å². The Morgan fingerprint density at radius 3 is 2.67 bits per heavy atom. The lowest BCUT2D eigenvalue weighted by atomic mass is 10.3. The molecule has 1 atom stereocenters. The Hall–Kier alpha value is 0.510. The molecule has 0 aromatic rings. The molecule has 0 unspecified atom stereocenters. The number of hydrogen-bond donors (Lipinski definition) is 0. The summed E-state index contributed by atoms with van der Waals surface area (Å²) in [7, 11) is 2.02. The molecule has 0 spiro atoms. The number of nitrogens with zero attached hydrogens (tertiary/aromatic N) is 2. The number of piperazine rings is 1. The van der Waals surface area contributed by atoms with Crippen LogP contribution in [-0.2, 0) is 0 Å². The van der Waals surface area contributed by atoms with Crippen LogP contribution in [0, 0.1) is 0 Å². The van der Waals surface area contributed by atoms with Crippen molar-refractivity contribution in [2.24, 2.45) is 0 Å². The van der Waals surface area contributed by atoms with E-state index in [9.17, 15) is 8.78 Å². The largest absolute Gasteiger partial charge is 0.294 e. The fraction of sp³-hybridized carbons (Fsp3) is 1.00. The van der Waals surface area contributed by atoms with Gasteiger partial charge in [-0.2, -0.15) is 0 Å². The first-order valence-electron chi connectivity index (χ1n) is 3.94. The van der Waals surface area contributed by atoms with Gasteiger partial charge < -0.3 is 0 Å². The standard InChI is InChI=1S/C7H13F2IN2/c1-11-2-3-12(4-6(8)9)5-7(11)10/h6-7H,2-5H2,1H3/t7-/m0/s1. The highest BCUT2D eigenvalue weighted by Crippen LogP contribution is 2.14. The minimum atomic E-state index is -2.20. The normalized spacial score (nSPS) is 28.2. The van der Waals surface area contributed by atoms with Crippen molar-refractivity contribution in [2.75, 3.05) is 33.2 Å². The van der Waals surface area contributed by atoms with Gasteiger partial charge in [-0.1, -0.05) is 22.6 Å². The third-order valence-corrected chi connectivity index (χ3v) is 3.40. The quantitative estimate of drug-likeness (QED) is 0.429. The lowest BCUT2D eigenvalue weighted by Crippen LogP contribution is -2.49. The predicted octanol–water partition coefficient (Wildman–Crippen LogP) is 1.26. The summed E-state index contributed by atoms with van der Waals surface area (Å²) in [5, 5.41) is 0. The zero-order valence-corrected chi connectivity index (χ0v) is 9.17. The van der Waals surface area contributed by atoms with E-state index in [0.29, 0.717) is 4.05 Å². The molecule has 1 aliphatic rings. The molecule has 72 valence electrons. The minimum Gasteiger partial charge on any atom is -0.294 e. The highest BCUT2D eigenvalue weighted by Gasteiger charge is 2.23. The van der Waals surface area contributed by atoms with Crippen molar-refractivity contribution >= 4 is 22.6 Å². The lowest BCUT2D eigenvalue weighted by molar-refractivity contribution is 0.0592. The first-order chi connectivity index (χ1) is 5.59. The van der Waals surface area contributed by atoms with Crippen molar-refractivity contribution in [1.82, 2.24) is 9.80 Å². The Balaban J connectivity index is 2.30. The Kier molecular flexibility index (Phi) is 4.12. The van der Waals surface area contributed by atoms with Crippen LogP contribution in [-0.4, -0.2) is 53.5 Å². The van der Waals surface area contributed by atoms with Gasteiger partial charge in [0.1, 0.15) is 0 Å². The molecule has 0 saturated carbocycles. The van der Waals surface area contributed by atoms with Crippen molar-refractivity contribution < 1.29 is 8.78 Å². The maximum atomic E-state index is 12.0. The van der Waals surface area contributed by atoms with E-state index in [1.165, 1.54) is 0 Å². The van der Waals surface area contributed by atoms with Crippen LogP contribution < -0.4 is 0 Å². The Morgan fingerprint density at radius 2 is 2.17 bits per heavy atom. The van der Waals surface area contributed by atoms with Gasteiger partial charge in [0.2, 0.25) is 0 Å². The number of hydrogen-bond acceptors (Lipinski definition) is 2.